The molecule has 0 unspecified atom stereocenters. The van der Waals surface area contributed by atoms with Gasteiger partial charge in [-0.15, -0.1) is 0 Å². The zero-order valence-corrected chi connectivity index (χ0v) is 17.5. The normalized spacial score (nSPS) is 11.0. The number of aliphatic hydroxyl groups is 1. The molecule has 0 atom stereocenters. The van der Waals surface area contributed by atoms with E-state index in [1.807, 2.05) is 13.0 Å². The van der Waals surface area contributed by atoms with Gasteiger partial charge in [0.25, 0.3) is 5.91 Å². The number of carbonyl (C=O) groups is 1. The fourth-order valence-corrected chi connectivity index (χ4v) is 3.24. The van der Waals surface area contributed by atoms with Gasteiger partial charge in [-0.3, -0.25) is 14.5 Å². The number of benzene rings is 1. The molecule has 3 heterocycles. The van der Waals surface area contributed by atoms with Crippen molar-refractivity contribution in [3.05, 3.63) is 77.6 Å². The van der Waals surface area contributed by atoms with Gasteiger partial charge in [0.1, 0.15) is 17.3 Å². The summed E-state index contributed by atoms with van der Waals surface area (Å²) < 4.78 is 20.5. The summed E-state index contributed by atoms with van der Waals surface area (Å²) in [5.41, 5.74) is 2.69. The molecule has 0 bridgehead atoms. The molecule has 0 aliphatic carbocycles. The number of aryl methyl sites for hydroxylation is 1. The molecule has 0 radical (unpaired) electrons. The summed E-state index contributed by atoms with van der Waals surface area (Å²) in [6, 6.07) is 9.45. The van der Waals surface area contributed by atoms with Gasteiger partial charge in [0.2, 0.25) is 5.88 Å². The molecule has 0 fully saturated rings. The molecule has 164 valence electrons. The molecular weight excluding hydrogens is 413 g/mol. The van der Waals surface area contributed by atoms with Crippen LogP contribution in [0.3, 0.4) is 0 Å². The number of aliphatic hydroxyl groups excluding tert-OH is 1. The Hall–Kier alpha value is -3.85. The number of halogens is 1. The molecule has 0 aliphatic heterocycles. The van der Waals surface area contributed by atoms with Crippen molar-refractivity contribution >= 4 is 16.8 Å². The van der Waals surface area contributed by atoms with Crippen LogP contribution in [-0.4, -0.2) is 43.9 Å². The summed E-state index contributed by atoms with van der Waals surface area (Å²) in [7, 11) is 0. The molecule has 0 aliphatic rings. The number of aromatic nitrogens is 4. The van der Waals surface area contributed by atoms with Gasteiger partial charge in [-0.05, 0) is 55.3 Å². The van der Waals surface area contributed by atoms with Gasteiger partial charge in [0.05, 0.1) is 17.4 Å². The SMILES string of the molecule is Cc1cc(Cn2cc3c(C(=O)NCCCO)nccc3n2)cnc1Oc1ccc(F)cc1. The van der Waals surface area contributed by atoms with E-state index in [4.69, 9.17) is 9.84 Å². The quantitative estimate of drug-likeness (QED) is 0.412. The van der Waals surface area contributed by atoms with Crippen molar-refractivity contribution in [2.75, 3.05) is 13.2 Å². The summed E-state index contributed by atoms with van der Waals surface area (Å²) in [5, 5.41) is 16.8. The van der Waals surface area contributed by atoms with E-state index in [-0.39, 0.29) is 18.3 Å². The largest absolute Gasteiger partial charge is 0.439 e. The Balaban J connectivity index is 1.50. The molecule has 4 aromatic rings. The standard InChI is InChI=1S/C23H22FN5O3/c1-15-11-16(12-27-23(15)32-18-5-3-17(24)4-6-18)13-29-14-19-20(28-29)7-9-25-21(19)22(31)26-8-2-10-30/h3-7,9,11-12,14,30H,2,8,10,13H2,1H3,(H,26,31). The van der Waals surface area contributed by atoms with Crippen LogP contribution in [0.5, 0.6) is 11.6 Å². The van der Waals surface area contributed by atoms with E-state index in [1.54, 1.807) is 41.5 Å². The zero-order valence-electron chi connectivity index (χ0n) is 17.5. The van der Waals surface area contributed by atoms with Crippen LogP contribution in [0.15, 0.2) is 55.0 Å². The van der Waals surface area contributed by atoms with Crippen molar-refractivity contribution in [2.24, 2.45) is 0 Å². The average Bonchev–Trinajstić information content (AvgIpc) is 3.19. The lowest BCUT2D eigenvalue weighted by molar-refractivity contribution is 0.0948. The summed E-state index contributed by atoms with van der Waals surface area (Å²) in [5.74, 6) is 0.316. The van der Waals surface area contributed by atoms with E-state index in [1.165, 1.54) is 12.1 Å². The smallest absolute Gasteiger partial charge is 0.270 e. The van der Waals surface area contributed by atoms with Crippen LogP contribution in [0.25, 0.3) is 10.9 Å². The van der Waals surface area contributed by atoms with Gasteiger partial charge < -0.3 is 15.2 Å². The number of nitrogens with one attached hydrogen (secondary N) is 1. The molecule has 9 heteroatoms. The Bertz CT molecular complexity index is 1240. The molecule has 3 aromatic heterocycles. The van der Waals surface area contributed by atoms with Crippen molar-refractivity contribution in [1.29, 1.82) is 0 Å². The van der Waals surface area contributed by atoms with Gasteiger partial charge in [-0.2, -0.15) is 5.10 Å². The third-order valence-corrected chi connectivity index (χ3v) is 4.78. The van der Waals surface area contributed by atoms with E-state index in [9.17, 15) is 9.18 Å². The Labute approximate surface area is 183 Å². The fraction of sp³-hybridized carbons (Fsp3) is 0.217. The zero-order chi connectivity index (χ0) is 22.5. The van der Waals surface area contributed by atoms with Gasteiger partial charge in [-0.25, -0.2) is 9.37 Å². The third-order valence-electron chi connectivity index (χ3n) is 4.78. The maximum Gasteiger partial charge on any atom is 0.270 e. The first-order valence-electron chi connectivity index (χ1n) is 10.1. The molecule has 2 N–H and O–H groups in total. The van der Waals surface area contributed by atoms with Crippen molar-refractivity contribution in [2.45, 2.75) is 19.9 Å². The molecule has 0 saturated heterocycles. The maximum absolute atomic E-state index is 13.1. The number of hydrogen-bond donors (Lipinski definition) is 2. The molecular formula is C23H22FN5O3. The summed E-state index contributed by atoms with van der Waals surface area (Å²) in [6.45, 7) is 2.72. The van der Waals surface area contributed by atoms with Crippen LogP contribution in [0.2, 0.25) is 0 Å². The minimum absolute atomic E-state index is 0.0109. The Morgan fingerprint density at radius 2 is 2.03 bits per heavy atom. The van der Waals surface area contributed by atoms with Crippen LogP contribution < -0.4 is 10.1 Å². The monoisotopic (exact) mass is 435 g/mol. The number of hydrogen-bond acceptors (Lipinski definition) is 6. The number of amides is 1. The highest BCUT2D eigenvalue weighted by Crippen LogP contribution is 2.24. The van der Waals surface area contributed by atoms with Crippen molar-refractivity contribution in [3.8, 4) is 11.6 Å². The minimum atomic E-state index is -0.329. The fourth-order valence-electron chi connectivity index (χ4n) is 3.24. The van der Waals surface area contributed by atoms with E-state index in [0.717, 1.165) is 11.1 Å². The van der Waals surface area contributed by atoms with E-state index in [0.29, 0.717) is 47.7 Å². The number of ether oxygens (including phenoxy) is 1. The van der Waals surface area contributed by atoms with Gasteiger partial charge in [-0.1, -0.05) is 0 Å². The number of nitrogens with zero attached hydrogens (tertiary/aromatic N) is 4. The Morgan fingerprint density at radius 1 is 1.22 bits per heavy atom. The third kappa shape index (κ3) is 4.89. The number of fused-ring (bicyclic) bond motifs is 1. The second kappa shape index (κ2) is 9.52. The van der Waals surface area contributed by atoms with Crippen LogP contribution in [-0.2, 0) is 6.54 Å². The lowest BCUT2D eigenvalue weighted by atomic mass is 10.2. The van der Waals surface area contributed by atoms with Crippen molar-refractivity contribution < 1.29 is 19.0 Å². The second-order valence-electron chi connectivity index (χ2n) is 7.27. The highest BCUT2D eigenvalue weighted by molar-refractivity contribution is 6.04. The van der Waals surface area contributed by atoms with Crippen LogP contribution in [0.1, 0.15) is 28.0 Å². The van der Waals surface area contributed by atoms with Gasteiger partial charge in [0, 0.05) is 37.3 Å². The Morgan fingerprint density at radius 3 is 2.78 bits per heavy atom. The topological polar surface area (TPSA) is 102 Å². The molecule has 0 spiro atoms. The molecule has 32 heavy (non-hydrogen) atoms. The summed E-state index contributed by atoms with van der Waals surface area (Å²) in [6.07, 6.45) is 5.50. The van der Waals surface area contributed by atoms with Crippen molar-refractivity contribution in [3.63, 3.8) is 0 Å². The molecule has 0 saturated carbocycles. The highest BCUT2D eigenvalue weighted by atomic mass is 19.1. The molecule has 4 rings (SSSR count). The maximum atomic E-state index is 13.1. The van der Waals surface area contributed by atoms with Crippen LogP contribution >= 0.6 is 0 Å². The van der Waals surface area contributed by atoms with Crippen LogP contribution in [0, 0.1) is 12.7 Å². The Kier molecular flexibility index (Phi) is 6.37. The van der Waals surface area contributed by atoms with Gasteiger partial charge >= 0.3 is 0 Å². The molecule has 1 amide bonds. The second-order valence-corrected chi connectivity index (χ2v) is 7.27. The lowest BCUT2D eigenvalue weighted by Gasteiger charge is -2.09. The first-order chi connectivity index (χ1) is 15.5. The average molecular weight is 435 g/mol. The number of carbonyl (C=O) groups excluding carboxylic acids is 1. The number of pyridine rings is 2. The molecule has 1 aromatic carbocycles. The summed E-state index contributed by atoms with van der Waals surface area (Å²) >= 11 is 0. The predicted molar refractivity (Wildman–Crippen MR) is 116 cm³/mol. The molecule has 8 nitrogen and oxygen atoms in total. The summed E-state index contributed by atoms with van der Waals surface area (Å²) in [4.78, 5) is 21.0. The van der Waals surface area contributed by atoms with E-state index < -0.39 is 0 Å². The number of rotatable bonds is 8. The van der Waals surface area contributed by atoms with E-state index in [2.05, 4.69) is 20.4 Å². The van der Waals surface area contributed by atoms with Crippen LogP contribution in [0.4, 0.5) is 4.39 Å². The first kappa shape index (κ1) is 21.4. The minimum Gasteiger partial charge on any atom is -0.439 e. The lowest BCUT2D eigenvalue weighted by Crippen LogP contribution is -2.26. The first-order valence-corrected chi connectivity index (χ1v) is 10.1. The van der Waals surface area contributed by atoms with E-state index >= 15 is 0 Å². The highest BCUT2D eigenvalue weighted by Gasteiger charge is 2.14. The van der Waals surface area contributed by atoms with Crippen molar-refractivity contribution in [1.82, 2.24) is 25.1 Å². The predicted octanol–water partition coefficient (Wildman–Crippen LogP) is 3.23. The van der Waals surface area contributed by atoms with Gasteiger partial charge in [0.15, 0.2) is 0 Å².